The predicted molar refractivity (Wildman–Crippen MR) is 111 cm³/mol. The molecule has 31 heavy (non-hydrogen) atoms. The Morgan fingerprint density at radius 3 is 2.52 bits per heavy atom. The summed E-state index contributed by atoms with van der Waals surface area (Å²) < 4.78 is 36.8. The third-order valence-corrected chi connectivity index (χ3v) is 6.55. The molecule has 2 aromatic rings. The van der Waals surface area contributed by atoms with Crippen molar-refractivity contribution >= 4 is 0 Å². The summed E-state index contributed by atoms with van der Waals surface area (Å²) in [5.74, 6) is 0.0346. The van der Waals surface area contributed by atoms with Gasteiger partial charge in [0.2, 0.25) is 0 Å². The molecule has 4 rings (SSSR count). The van der Waals surface area contributed by atoms with Crippen LogP contribution in [-0.4, -0.2) is 49.9 Å². The Balaban J connectivity index is 1.35. The second-order valence-corrected chi connectivity index (χ2v) is 8.57. The first-order valence-corrected chi connectivity index (χ1v) is 10.7. The monoisotopic (exact) mass is 434 g/mol. The zero-order valence-electron chi connectivity index (χ0n) is 17.8. The van der Waals surface area contributed by atoms with Gasteiger partial charge in [-0.2, -0.15) is 4.98 Å². The van der Waals surface area contributed by atoms with E-state index in [4.69, 9.17) is 4.74 Å². The van der Waals surface area contributed by atoms with Crippen LogP contribution in [0.15, 0.2) is 33.9 Å². The van der Waals surface area contributed by atoms with Crippen molar-refractivity contribution in [2.24, 2.45) is 7.05 Å². The van der Waals surface area contributed by atoms with E-state index in [1.165, 1.54) is 17.7 Å². The minimum atomic E-state index is -1.35. The second kappa shape index (κ2) is 9.00. The molecule has 0 saturated carbocycles. The highest BCUT2D eigenvalue weighted by Crippen LogP contribution is 2.37. The number of aryl methyl sites for hydroxylation is 1. The SMILES string of the molecule is Cc1nc(=O)n(CC(F)CN2C3CCC2CC(OCc2ccccc2F)C3)c(=O)n1C. The largest absolute Gasteiger partial charge is 0.373 e. The second-order valence-electron chi connectivity index (χ2n) is 8.57. The number of piperidine rings is 1. The third-order valence-electron chi connectivity index (χ3n) is 6.55. The molecule has 2 aliphatic rings. The van der Waals surface area contributed by atoms with Gasteiger partial charge in [0.05, 0.1) is 19.3 Å². The highest BCUT2D eigenvalue weighted by atomic mass is 19.1. The van der Waals surface area contributed by atoms with Crippen LogP contribution in [-0.2, 0) is 24.9 Å². The van der Waals surface area contributed by atoms with E-state index in [1.54, 1.807) is 25.1 Å². The average molecular weight is 434 g/mol. The predicted octanol–water partition coefficient (Wildman–Crippen LogP) is 1.94. The number of halogens is 2. The van der Waals surface area contributed by atoms with Crippen LogP contribution in [0.25, 0.3) is 0 Å². The lowest BCUT2D eigenvalue weighted by molar-refractivity contribution is -0.0348. The molecule has 1 aromatic carbocycles. The van der Waals surface area contributed by atoms with Gasteiger partial charge in [0.1, 0.15) is 17.8 Å². The van der Waals surface area contributed by atoms with Crippen LogP contribution in [0.1, 0.15) is 37.1 Å². The van der Waals surface area contributed by atoms with Gasteiger partial charge in [-0.15, -0.1) is 0 Å². The maximum absolute atomic E-state index is 14.9. The van der Waals surface area contributed by atoms with E-state index < -0.39 is 17.6 Å². The van der Waals surface area contributed by atoms with Crippen molar-refractivity contribution in [3.63, 3.8) is 0 Å². The van der Waals surface area contributed by atoms with Crippen molar-refractivity contribution < 1.29 is 13.5 Å². The minimum Gasteiger partial charge on any atom is -0.373 e. The molecule has 0 spiro atoms. The molecule has 2 saturated heterocycles. The van der Waals surface area contributed by atoms with Crippen molar-refractivity contribution in [1.82, 2.24) is 19.0 Å². The van der Waals surface area contributed by atoms with Gasteiger partial charge in [0, 0.05) is 31.2 Å². The molecule has 9 heteroatoms. The Hall–Kier alpha value is -2.39. The number of hydrogen-bond donors (Lipinski definition) is 0. The molecule has 0 aliphatic carbocycles. The van der Waals surface area contributed by atoms with Crippen LogP contribution in [0.4, 0.5) is 8.78 Å². The summed E-state index contributed by atoms with van der Waals surface area (Å²) in [7, 11) is 1.51. The van der Waals surface area contributed by atoms with E-state index in [9.17, 15) is 18.4 Å². The molecular weight excluding hydrogens is 406 g/mol. The van der Waals surface area contributed by atoms with Crippen LogP contribution in [0.5, 0.6) is 0 Å². The molecule has 3 heterocycles. The molecule has 1 aromatic heterocycles. The number of hydrogen-bond acceptors (Lipinski definition) is 5. The molecule has 0 radical (unpaired) electrons. The van der Waals surface area contributed by atoms with Gasteiger partial charge < -0.3 is 4.74 Å². The first-order chi connectivity index (χ1) is 14.8. The Labute approximate surface area is 179 Å². The summed E-state index contributed by atoms with van der Waals surface area (Å²) in [6, 6.07) is 6.98. The fourth-order valence-electron chi connectivity index (χ4n) is 4.80. The standard InChI is InChI=1S/C22H28F2N4O3/c1-14-25-21(29)28(22(30)26(14)2)12-16(23)11-27-17-7-8-18(27)10-19(9-17)31-13-15-5-3-4-6-20(15)24/h3-6,16-19H,7-13H2,1-2H3. The van der Waals surface area contributed by atoms with Crippen LogP contribution < -0.4 is 11.4 Å². The molecule has 7 nitrogen and oxygen atoms in total. The summed E-state index contributed by atoms with van der Waals surface area (Å²) in [6.45, 7) is 1.66. The van der Waals surface area contributed by atoms with E-state index >= 15 is 0 Å². The first-order valence-electron chi connectivity index (χ1n) is 10.7. The van der Waals surface area contributed by atoms with Crippen LogP contribution >= 0.6 is 0 Å². The summed E-state index contributed by atoms with van der Waals surface area (Å²) in [4.78, 5) is 30.3. The number of rotatable bonds is 7. The van der Waals surface area contributed by atoms with Crippen molar-refractivity contribution in [1.29, 1.82) is 0 Å². The van der Waals surface area contributed by atoms with E-state index in [2.05, 4.69) is 9.88 Å². The molecule has 3 unspecified atom stereocenters. The maximum Gasteiger partial charge on any atom is 0.353 e. The number of fused-ring (bicyclic) bond motifs is 2. The highest BCUT2D eigenvalue weighted by molar-refractivity contribution is 5.16. The van der Waals surface area contributed by atoms with E-state index in [-0.39, 0.29) is 43.7 Å². The molecule has 3 atom stereocenters. The highest BCUT2D eigenvalue weighted by Gasteiger charge is 2.42. The number of nitrogens with zero attached hydrogens (tertiary/aromatic N) is 4. The normalized spacial score (nSPS) is 24.5. The summed E-state index contributed by atoms with van der Waals surface area (Å²) in [5.41, 5.74) is -0.727. The first kappa shape index (κ1) is 21.8. The van der Waals surface area contributed by atoms with Crippen molar-refractivity contribution in [3.8, 4) is 0 Å². The lowest BCUT2D eigenvalue weighted by Gasteiger charge is -2.39. The molecule has 0 N–H and O–H groups in total. The van der Waals surface area contributed by atoms with Crippen LogP contribution in [0.3, 0.4) is 0 Å². The van der Waals surface area contributed by atoms with Gasteiger partial charge in [-0.25, -0.2) is 22.9 Å². The molecule has 0 amide bonds. The quantitative estimate of drug-likeness (QED) is 0.666. The van der Waals surface area contributed by atoms with Gasteiger partial charge in [-0.3, -0.25) is 9.47 Å². The number of ether oxygens (including phenoxy) is 1. The number of benzene rings is 1. The fourth-order valence-corrected chi connectivity index (χ4v) is 4.80. The third kappa shape index (κ3) is 4.62. The minimum absolute atomic E-state index is 0.0163. The van der Waals surface area contributed by atoms with Crippen molar-refractivity contribution in [2.75, 3.05) is 6.54 Å². The summed E-state index contributed by atoms with van der Waals surface area (Å²) in [5, 5.41) is 0. The smallest absolute Gasteiger partial charge is 0.353 e. The average Bonchev–Trinajstić information content (AvgIpc) is 2.96. The van der Waals surface area contributed by atoms with Gasteiger partial charge in [0.15, 0.2) is 0 Å². The zero-order valence-corrected chi connectivity index (χ0v) is 17.8. The van der Waals surface area contributed by atoms with Gasteiger partial charge in [0.25, 0.3) is 0 Å². The molecule has 168 valence electrons. The van der Waals surface area contributed by atoms with Crippen molar-refractivity contribution in [3.05, 3.63) is 62.4 Å². The van der Waals surface area contributed by atoms with Crippen molar-refractivity contribution in [2.45, 2.75) is 70.1 Å². The van der Waals surface area contributed by atoms with Gasteiger partial charge in [-0.05, 0) is 38.7 Å². The summed E-state index contributed by atoms with van der Waals surface area (Å²) >= 11 is 0. The van der Waals surface area contributed by atoms with Crippen LogP contribution in [0, 0.1) is 12.7 Å². The van der Waals surface area contributed by atoms with E-state index in [1.807, 2.05) is 0 Å². The Bertz CT molecular complexity index is 1040. The van der Waals surface area contributed by atoms with E-state index in [0.717, 1.165) is 30.3 Å². The molecule has 2 fully saturated rings. The number of aromatic nitrogens is 3. The number of alkyl halides is 1. The Morgan fingerprint density at radius 2 is 1.84 bits per heavy atom. The topological polar surface area (TPSA) is 69.4 Å². The molecule has 2 aliphatic heterocycles. The fraction of sp³-hybridized carbons (Fsp3) is 0.591. The van der Waals surface area contributed by atoms with E-state index in [0.29, 0.717) is 11.4 Å². The lowest BCUT2D eigenvalue weighted by Crippen LogP contribution is -2.50. The molecule has 2 bridgehead atoms. The molecular formula is C22H28F2N4O3. The Morgan fingerprint density at radius 1 is 1.16 bits per heavy atom. The van der Waals surface area contributed by atoms with Gasteiger partial charge >= 0.3 is 11.4 Å². The lowest BCUT2D eigenvalue weighted by atomic mass is 9.99. The van der Waals surface area contributed by atoms with Gasteiger partial charge in [-0.1, -0.05) is 18.2 Å². The van der Waals surface area contributed by atoms with Crippen LogP contribution in [0.2, 0.25) is 0 Å². The maximum atomic E-state index is 14.9. The zero-order chi connectivity index (χ0) is 22.1. The Kier molecular flexibility index (Phi) is 6.34. The summed E-state index contributed by atoms with van der Waals surface area (Å²) in [6.07, 6.45) is 2.13.